The fourth-order valence-corrected chi connectivity index (χ4v) is 2.26. The van der Waals surface area contributed by atoms with E-state index in [9.17, 15) is 18.0 Å². The molecule has 1 aliphatic carbocycles. The molecule has 1 saturated carbocycles. The van der Waals surface area contributed by atoms with E-state index >= 15 is 0 Å². The molecule has 0 radical (unpaired) electrons. The van der Waals surface area contributed by atoms with Crippen LogP contribution in [-0.4, -0.2) is 15.9 Å². The molecule has 1 heterocycles. The monoisotopic (exact) mass is 321 g/mol. The summed E-state index contributed by atoms with van der Waals surface area (Å²) in [6.07, 6.45) is 1.76. The molecule has 2 aromatic rings. The van der Waals surface area contributed by atoms with E-state index in [1.54, 1.807) is 0 Å². The second kappa shape index (κ2) is 5.98. The average Bonchev–Trinajstić information content (AvgIpc) is 3.37. The molecule has 7 heteroatoms. The summed E-state index contributed by atoms with van der Waals surface area (Å²) in [5.41, 5.74) is 0.293. The van der Waals surface area contributed by atoms with Crippen LogP contribution in [-0.2, 0) is 11.0 Å². The first-order valence-electron chi connectivity index (χ1n) is 7.18. The summed E-state index contributed by atoms with van der Waals surface area (Å²) in [5.74, 6) is -0.121. The Balaban J connectivity index is 1.89. The Bertz CT molecular complexity index is 682. The van der Waals surface area contributed by atoms with Crippen LogP contribution in [0.5, 0.6) is 0 Å². The van der Waals surface area contributed by atoms with Gasteiger partial charge in [-0.25, -0.2) is 0 Å². The van der Waals surface area contributed by atoms with Crippen molar-refractivity contribution in [3.05, 3.63) is 59.7 Å². The minimum Gasteiger partial charge on any atom is -0.343 e. The number of nitrogens with zero attached hydrogens (tertiary/aromatic N) is 2. The van der Waals surface area contributed by atoms with Gasteiger partial charge in [0.25, 0.3) is 0 Å². The Morgan fingerprint density at radius 1 is 1.17 bits per heavy atom. The highest BCUT2D eigenvalue weighted by Crippen LogP contribution is 2.32. The number of benzene rings is 1. The van der Waals surface area contributed by atoms with Gasteiger partial charge in [-0.05, 0) is 30.5 Å². The summed E-state index contributed by atoms with van der Waals surface area (Å²) in [6.45, 7) is 0. The van der Waals surface area contributed by atoms with Gasteiger partial charge in [-0.2, -0.15) is 13.2 Å². The fraction of sp³-hybridized carbons (Fsp3) is 0.312. The average molecular weight is 321 g/mol. The van der Waals surface area contributed by atoms with Gasteiger partial charge in [-0.3, -0.25) is 14.8 Å². The Morgan fingerprint density at radius 3 is 2.39 bits per heavy atom. The molecule has 1 aliphatic rings. The van der Waals surface area contributed by atoms with Gasteiger partial charge in [0.05, 0.1) is 23.5 Å². The van der Waals surface area contributed by atoms with Crippen molar-refractivity contribution in [2.75, 3.05) is 0 Å². The summed E-state index contributed by atoms with van der Waals surface area (Å²) in [6, 6.07) is 4.10. The SMILES string of the molecule is O=C(NC(c1ccc(C(F)(F)F)cc1)c1cnccn1)C1CC1. The maximum Gasteiger partial charge on any atom is 0.416 e. The van der Waals surface area contributed by atoms with Gasteiger partial charge in [0.15, 0.2) is 0 Å². The van der Waals surface area contributed by atoms with Crippen LogP contribution < -0.4 is 5.32 Å². The number of hydrogen-bond acceptors (Lipinski definition) is 3. The zero-order valence-electron chi connectivity index (χ0n) is 12.0. The maximum absolute atomic E-state index is 12.7. The Labute approximate surface area is 130 Å². The molecule has 3 rings (SSSR count). The molecule has 1 aromatic heterocycles. The lowest BCUT2D eigenvalue weighted by molar-refractivity contribution is -0.137. The minimum absolute atomic E-state index is 0.0105. The van der Waals surface area contributed by atoms with Crippen molar-refractivity contribution in [1.82, 2.24) is 15.3 Å². The minimum atomic E-state index is -4.39. The van der Waals surface area contributed by atoms with E-state index in [0.29, 0.717) is 11.3 Å². The van der Waals surface area contributed by atoms with Crippen LogP contribution in [0.25, 0.3) is 0 Å². The van der Waals surface area contributed by atoms with Crippen LogP contribution in [0.4, 0.5) is 13.2 Å². The number of amides is 1. The lowest BCUT2D eigenvalue weighted by Gasteiger charge is -2.19. The third-order valence-electron chi connectivity index (χ3n) is 3.68. The molecule has 0 bridgehead atoms. The van der Waals surface area contributed by atoms with E-state index in [4.69, 9.17) is 0 Å². The van der Waals surface area contributed by atoms with E-state index in [2.05, 4.69) is 15.3 Å². The van der Waals surface area contributed by atoms with Crippen molar-refractivity contribution in [2.45, 2.75) is 25.1 Å². The second-order valence-electron chi connectivity index (χ2n) is 5.47. The van der Waals surface area contributed by atoms with Gasteiger partial charge >= 0.3 is 6.18 Å². The van der Waals surface area contributed by atoms with Gasteiger partial charge in [0.2, 0.25) is 5.91 Å². The third kappa shape index (κ3) is 3.67. The smallest absolute Gasteiger partial charge is 0.343 e. The number of halogens is 3. The third-order valence-corrected chi connectivity index (χ3v) is 3.68. The van der Waals surface area contributed by atoms with Gasteiger partial charge in [0.1, 0.15) is 0 Å². The first-order valence-corrected chi connectivity index (χ1v) is 7.18. The molecule has 0 aliphatic heterocycles. The van der Waals surface area contributed by atoms with E-state index in [0.717, 1.165) is 25.0 Å². The van der Waals surface area contributed by atoms with Crippen LogP contribution in [0.3, 0.4) is 0 Å². The quantitative estimate of drug-likeness (QED) is 0.941. The summed E-state index contributed by atoms with van der Waals surface area (Å²) in [5, 5.41) is 2.85. The Hall–Kier alpha value is -2.44. The van der Waals surface area contributed by atoms with Crippen molar-refractivity contribution < 1.29 is 18.0 Å². The standard InChI is InChI=1S/C16H14F3N3O/c17-16(18,19)12-5-3-10(4-6-12)14(13-9-20-7-8-21-13)22-15(23)11-1-2-11/h3-9,11,14H,1-2H2,(H,22,23). The van der Waals surface area contributed by atoms with E-state index < -0.39 is 17.8 Å². The van der Waals surface area contributed by atoms with Crippen LogP contribution >= 0.6 is 0 Å². The number of hydrogen-bond donors (Lipinski definition) is 1. The van der Waals surface area contributed by atoms with Gasteiger partial charge in [-0.1, -0.05) is 12.1 Å². The summed E-state index contributed by atoms with van der Waals surface area (Å²) in [4.78, 5) is 20.2. The molecular weight excluding hydrogens is 307 g/mol. The van der Waals surface area contributed by atoms with Crippen molar-refractivity contribution in [3.8, 4) is 0 Å². The molecule has 0 spiro atoms. The topological polar surface area (TPSA) is 54.9 Å². The zero-order valence-corrected chi connectivity index (χ0v) is 12.0. The Kier molecular flexibility index (Phi) is 4.02. The lowest BCUT2D eigenvalue weighted by Crippen LogP contribution is -2.31. The summed E-state index contributed by atoms with van der Waals surface area (Å²) < 4.78 is 38.0. The Morgan fingerprint density at radius 2 is 1.87 bits per heavy atom. The number of aromatic nitrogens is 2. The normalized spacial score (nSPS) is 16.0. The molecule has 1 amide bonds. The first kappa shape index (κ1) is 15.5. The van der Waals surface area contributed by atoms with E-state index in [1.807, 2.05) is 0 Å². The van der Waals surface area contributed by atoms with Crippen LogP contribution in [0.2, 0.25) is 0 Å². The fourth-order valence-electron chi connectivity index (χ4n) is 2.26. The number of rotatable bonds is 4. The molecule has 4 nitrogen and oxygen atoms in total. The van der Waals surface area contributed by atoms with Gasteiger partial charge in [-0.15, -0.1) is 0 Å². The molecule has 0 saturated heterocycles. The molecule has 120 valence electrons. The maximum atomic E-state index is 12.7. The highest BCUT2D eigenvalue weighted by atomic mass is 19.4. The second-order valence-corrected chi connectivity index (χ2v) is 5.47. The van der Waals surface area contributed by atoms with Crippen molar-refractivity contribution in [1.29, 1.82) is 0 Å². The molecule has 1 N–H and O–H groups in total. The molecule has 1 atom stereocenters. The first-order chi connectivity index (χ1) is 10.9. The largest absolute Gasteiger partial charge is 0.416 e. The van der Waals surface area contributed by atoms with Crippen molar-refractivity contribution in [2.24, 2.45) is 5.92 Å². The number of carbonyl (C=O) groups excluding carboxylic acids is 1. The summed E-state index contributed by atoms with van der Waals surface area (Å²) in [7, 11) is 0. The predicted molar refractivity (Wildman–Crippen MR) is 76.2 cm³/mol. The van der Waals surface area contributed by atoms with E-state index in [-0.39, 0.29) is 11.8 Å². The van der Waals surface area contributed by atoms with Crippen molar-refractivity contribution >= 4 is 5.91 Å². The molecule has 23 heavy (non-hydrogen) atoms. The number of carbonyl (C=O) groups is 1. The highest BCUT2D eigenvalue weighted by Gasteiger charge is 2.33. The van der Waals surface area contributed by atoms with Crippen LogP contribution in [0.15, 0.2) is 42.9 Å². The summed E-state index contributed by atoms with van der Waals surface area (Å²) >= 11 is 0. The highest BCUT2D eigenvalue weighted by molar-refractivity contribution is 5.81. The predicted octanol–water partition coefficient (Wildman–Crippen LogP) is 3.11. The lowest BCUT2D eigenvalue weighted by atomic mass is 10.0. The van der Waals surface area contributed by atoms with Gasteiger partial charge < -0.3 is 5.32 Å². The number of nitrogens with one attached hydrogen (secondary N) is 1. The van der Waals surface area contributed by atoms with Crippen LogP contribution in [0.1, 0.15) is 35.7 Å². The number of alkyl halides is 3. The molecule has 1 unspecified atom stereocenters. The van der Waals surface area contributed by atoms with Gasteiger partial charge in [0, 0.05) is 18.3 Å². The molecule has 1 fully saturated rings. The molecular formula is C16H14F3N3O. The molecule has 1 aromatic carbocycles. The zero-order chi connectivity index (χ0) is 16.4. The van der Waals surface area contributed by atoms with Crippen LogP contribution in [0, 0.1) is 5.92 Å². The van der Waals surface area contributed by atoms with E-state index in [1.165, 1.54) is 30.7 Å². The van der Waals surface area contributed by atoms with Crippen molar-refractivity contribution in [3.63, 3.8) is 0 Å².